The predicted molar refractivity (Wildman–Crippen MR) is 429 cm³/mol. The van der Waals surface area contributed by atoms with Crippen LogP contribution in [0.2, 0.25) is 0 Å². The van der Waals surface area contributed by atoms with Crippen LogP contribution in [0, 0.1) is 0 Å². The maximum Gasteiger partial charge on any atom is 0.361 e. The number of carbonyl (C=O) groups excluding carboxylic acids is 2. The maximum atomic E-state index is 13.0. The summed E-state index contributed by atoms with van der Waals surface area (Å²) in [6.45, 7) is 4.82. The van der Waals surface area contributed by atoms with Gasteiger partial charge in [-0.25, -0.2) is 4.79 Å². The fourth-order valence-corrected chi connectivity index (χ4v) is 12.7. The van der Waals surface area contributed by atoms with Gasteiger partial charge in [-0.1, -0.05) is 394 Å². The summed E-state index contributed by atoms with van der Waals surface area (Å²) in [6, 6.07) is 0. The molecular weight excluding hydrogens is 1220 g/mol. The van der Waals surface area contributed by atoms with Crippen molar-refractivity contribution < 1.29 is 42.9 Å². The van der Waals surface area contributed by atoms with E-state index in [1.807, 2.05) is 21.1 Å². The quantitative estimate of drug-likeness (QED) is 0.0211. The Morgan fingerprint density at radius 2 is 0.576 bits per heavy atom. The molecule has 0 radical (unpaired) electrons. The van der Waals surface area contributed by atoms with Gasteiger partial charge in [0.25, 0.3) is 6.29 Å². The summed E-state index contributed by atoms with van der Waals surface area (Å²) in [5.41, 5.74) is 0. The highest BCUT2D eigenvalue weighted by molar-refractivity contribution is 5.71. The molecule has 0 heterocycles. The van der Waals surface area contributed by atoms with E-state index in [1.165, 1.54) is 308 Å². The van der Waals surface area contributed by atoms with Gasteiger partial charge in [0.15, 0.2) is 6.10 Å². The molecule has 0 saturated carbocycles. The van der Waals surface area contributed by atoms with Gasteiger partial charge >= 0.3 is 17.9 Å². The molecule has 0 saturated heterocycles. The van der Waals surface area contributed by atoms with Gasteiger partial charge in [0.2, 0.25) is 0 Å². The third kappa shape index (κ3) is 81.6. The zero-order valence-electron chi connectivity index (χ0n) is 66.2. The van der Waals surface area contributed by atoms with Gasteiger partial charge < -0.3 is 28.5 Å². The highest BCUT2D eigenvalue weighted by Gasteiger charge is 2.25. The molecule has 2 unspecified atom stereocenters. The van der Waals surface area contributed by atoms with Crippen LogP contribution in [0.4, 0.5) is 0 Å². The minimum absolute atomic E-state index is 0.178. The highest BCUT2D eigenvalue weighted by Crippen LogP contribution is 2.20. The molecule has 0 rings (SSSR count). The van der Waals surface area contributed by atoms with Crippen molar-refractivity contribution in [3.8, 4) is 0 Å². The number of likely N-dealkylation sites (N-methyl/N-ethyl adjacent to an activating group) is 1. The van der Waals surface area contributed by atoms with Gasteiger partial charge in [-0.15, -0.1) is 0 Å². The number of rotatable bonds is 80. The molecule has 0 fully saturated rings. The first-order chi connectivity index (χ1) is 48.6. The van der Waals surface area contributed by atoms with Crippen LogP contribution in [0.1, 0.15) is 412 Å². The third-order valence-electron chi connectivity index (χ3n) is 19.1. The van der Waals surface area contributed by atoms with Crippen LogP contribution < -0.4 is 0 Å². The second kappa shape index (κ2) is 80.2. The van der Waals surface area contributed by atoms with Crippen molar-refractivity contribution in [3.63, 3.8) is 0 Å². The van der Waals surface area contributed by atoms with E-state index in [0.717, 1.165) is 77.0 Å². The number of ether oxygens (including phenoxy) is 4. The van der Waals surface area contributed by atoms with Crippen LogP contribution in [0.3, 0.4) is 0 Å². The number of carboxylic acids is 1. The van der Waals surface area contributed by atoms with Crippen molar-refractivity contribution in [2.24, 2.45) is 0 Å². The average Bonchev–Trinajstić information content (AvgIpc) is 2.19. The third-order valence-corrected chi connectivity index (χ3v) is 19.1. The standard InChI is InChI=1S/C90H163NO8/c1-6-8-10-12-14-16-18-20-22-24-26-28-30-32-34-36-38-40-42-44-46-48-50-52-54-56-58-60-62-64-66-68-70-72-74-76-78-80-87(92)97-84-86(85-98-90(89(94)95)96-83-82-91(3,4)5)99-88(93)81-79-77-75-73-71-69-67-65-63-61-59-57-55-53-51-49-47-45-43-41-39-37-35-33-31-29-27-25-23-21-19-17-15-13-11-9-7-2/h9,11,15,17-18,20-21,23-24,26-27,29-30,32,86,90H,6-8,10,12-14,16,19,22,25,28,31,33-85H2,1-5H3/p+1/b11-9-,17-15-,20-18-,23-21-,26-24-,29-27-,32-30-. The minimum Gasteiger partial charge on any atom is -0.477 e. The average molecular weight is 1390 g/mol. The van der Waals surface area contributed by atoms with E-state index in [2.05, 4.69) is 98.9 Å². The minimum atomic E-state index is -1.51. The van der Waals surface area contributed by atoms with Crippen LogP contribution in [-0.2, 0) is 33.3 Å². The Labute approximate surface area is 614 Å². The number of quaternary nitrogens is 1. The topological polar surface area (TPSA) is 108 Å². The second-order valence-corrected chi connectivity index (χ2v) is 30.1. The normalized spacial score (nSPS) is 13.0. The Morgan fingerprint density at radius 3 is 0.859 bits per heavy atom. The number of aliphatic carboxylic acids is 1. The van der Waals surface area contributed by atoms with Crippen LogP contribution in [0.25, 0.3) is 0 Å². The number of hydrogen-bond donors (Lipinski definition) is 1. The first-order valence-corrected chi connectivity index (χ1v) is 42.8. The largest absolute Gasteiger partial charge is 0.477 e. The molecule has 0 spiro atoms. The van der Waals surface area contributed by atoms with Crippen molar-refractivity contribution in [2.75, 3.05) is 47.5 Å². The molecular formula is C90H164NO8+. The van der Waals surface area contributed by atoms with E-state index in [4.69, 9.17) is 18.9 Å². The number of allylic oxidation sites excluding steroid dienone is 14. The fraction of sp³-hybridized carbons (Fsp3) is 0.811. The lowest BCUT2D eigenvalue weighted by Crippen LogP contribution is -2.40. The van der Waals surface area contributed by atoms with Crippen molar-refractivity contribution >= 4 is 17.9 Å². The Kier molecular flexibility index (Phi) is 77.3. The fourth-order valence-electron chi connectivity index (χ4n) is 12.7. The predicted octanol–water partition coefficient (Wildman–Crippen LogP) is 27.7. The summed E-state index contributed by atoms with van der Waals surface area (Å²) in [5.74, 6) is -1.97. The summed E-state index contributed by atoms with van der Waals surface area (Å²) >= 11 is 0. The van der Waals surface area contributed by atoms with Gasteiger partial charge in [-0.05, 0) is 89.9 Å². The molecule has 0 aliphatic carbocycles. The number of carboxylic acid groups (broad SMARTS) is 1. The van der Waals surface area contributed by atoms with Gasteiger partial charge in [0, 0.05) is 12.8 Å². The van der Waals surface area contributed by atoms with Crippen LogP contribution >= 0.6 is 0 Å². The van der Waals surface area contributed by atoms with Crippen LogP contribution in [0.15, 0.2) is 85.1 Å². The first-order valence-electron chi connectivity index (χ1n) is 42.8. The zero-order valence-corrected chi connectivity index (χ0v) is 66.2. The van der Waals surface area contributed by atoms with E-state index in [9.17, 15) is 19.5 Å². The molecule has 0 amide bonds. The Bertz CT molecular complexity index is 1910. The SMILES string of the molecule is CC/C=C\C/C=C\C/C=C\C/C=C\CCCCCCCCCCCCCCCCCCCCCCCCCCC(=O)OC(COC(=O)CCCCCCCCCCCCCCCCCCCCCCCC/C=C\C/C=C\C/C=C\CCCCCCC)COC(OCC[N+](C)(C)C)C(=O)O. The Hall–Kier alpha value is -3.53. The molecule has 2 atom stereocenters. The summed E-state index contributed by atoms with van der Waals surface area (Å²) in [7, 11) is 6.00. The molecule has 9 heteroatoms. The highest BCUT2D eigenvalue weighted by atomic mass is 16.7. The molecule has 0 aliphatic rings. The summed E-state index contributed by atoms with van der Waals surface area (Å²) < 4.78 is 23.1. The molecule has 9 nitrogen and oxygen atoms in total. The van der Waals surface area contributed by atoms with Crippen LogP contribution in [-0.4, -0.2) is 87.4 Å². The van der Waals surface area contributed by atoms with E-state index < -0.39 is 18.4 Å². The molecule has 0 aromatic carbocycles. The number of esters is 2. The maximum absolute atomic E-state index is 13.0. The molecule has 0 aliphatic heterocycles. The van der Waals surface area contributed by atoms with Crippen molar-refractivity contribution in [2.45, 2.75) is 424 Å². The molecule has 0 aromatic rings. The summed E-state index contributed by atoms with van der Waals surface area (Å²) in [4.78, 5) is 37.8. The van der Waals surface area contributed by atoms with Gasteiger partial charge in [0.1, 0.15) is 13.2 Å². The van der Waals surface area contributed by atoms with Gasteiger partial charge in [-0.3, -0.25) is 9.59 Å². The molecule has 99 heavy (non-hydrogen) atoms. The number of carbonyl (C=O) groups is 3. The monoisotopic (exact) mass is 1390 g/mol. The number of nitrogens with zero attached hydrogens (tertiary/aromatic N) is 1. The molecule has 576 valence electrons. The Morgan fingerprint density at radius 1 is 0.313 bits per heavy atom. The second-order valence-electron chi connectivity index (χ2n) is 30.1. The number of hydrogen-bond acceptors (Lipinski definition) is 7. The molecule has 0 aromatic heterocycles. The van der Waals surface area contributed by atoms with Crippen molar-refractivity contribution in [1.29, 1.82) is 0 Å². The number of unbranched alkanes of at least 4 members (excludes halogenated alkanes) is 51. The lowest BCUT2D eigenvalue weighted by Gasteiger charge is -2.25. The van der Waals surface area contributed by atoms with E-state index in [-0.39, 0.29) is 38.2 Å². The first kappa shape index (κ1) is 95.5. The lowest BCUT2D eigenvalue weighted by atomic mass is 10.0. The molecule has 0 bridgehead atoms. The van der Waals surface area contributed by atoms with Crippen molar-refractivity contribution in [3.05, 3.63) is 85.1 Å². The van der Waals surface area contributed by atoms with Crippen molar-refractivity contribution in [1.82, 2.24) is 0 Å². The van der Waals surface area contributed by atoms with Gasteiger partial charge in [0.05, 0.1) is 34.4 Å². The zero-order chi connectivity index (χ0) is 71.8. The van der Waals surface area contributed by atoms with E-state index in [1.54, 1.807) is 0 Å². The van der Waals surface area contributed by atoms with E-state index in [0.29, 0.717) is 17.4 Å². The van der Waals surface area contributed by atoms with Crippen LogP contribution in [0.5, 0.6) is 0 Å². The smallest absolute Gasteiger partial charge is 0.361 e. The molecule has 1 N–H and O–H groups in total. The Balaban J connectivity index is 3.94. The lowest BCUT2D eigenvalue weighted by molar-refractivity contribution is -0.870. The van der Waals surface area contributed by atoms with Gasteiger partial charge in [-0.2, -0.15) is 0 Å². The summed E-state index contributed by atoms with van der Waals surface area (Å²) in [6.07, 6.45) is 108. The van der Waals surface area contributed by atoms with E-state index >= 15 is 0 Å². The summed E-state index contributed by atoms with van der Waals surface area (Å²) in [5, 5.41) is 9.79.